The SMILES string of the molecule is CN1CCN(Cc2ccc(NC(=O)c3ccc(Br)c(N=[N+]=[N-])c3)cc2C(F)(F)F)CC1. The predicted molar refractivity (Wildman–Crippen MR) is 115 cm³/mol. The molecule has 1 aliphatic rings. The van der Waals surface area contributed by atoms with Crippen LogP contribution >= 0.6 is 15.9 Å². The molecule has 31 heavy (non-hydrogen) atoms. The summed E-state index contributed by atoms with van der Waals surface area (Å²) in [5, 5.41) is 5.96. The molecule has 164 valence electrons. The first-order chi connectivity index (χ1) is 14.7. The lowest BCUT2D eigenvalue weighted by Crippen LogP contribution is -2.44. The fourth-order valence-electron chi connectivity index (χ4n) is 3.28. The first kappa shape index (κ1) is 23.1. The Morgan fingerprint density at radius 1 is 1.19 bits per heavy atom. The van der Waals surface area contributed by atoms with Gasteiger partial charge in [0.25, 0.3) is 5.91 Å². The molecule has 1 saturated heterocycles. The van der Waals surface area contributed by atoms with Crippen molar-refractivity contribution in [3.8, 4) is 0 Å². The van der Waals surface area contributed by atoms with Crippen LogP contribution in [0.2, 0.25) is 0 Å². The Labute approximate surface area is 185 Å². The van der Waals surface area contributed by atoms with Gasteiger partial charge in [0.2, 0.25) is 0 Å². The highest BCUT2D eigenvalue weighted by Gasteiger charge is 2.34. The van der Waals surface area contributed by atoms with Gasteiger partial charge in [-0.3, -0.25) is 9.69 Å². The second-order valence-corrected chi connectivity index (χ2v) is 8.11. The largest absolute Gasteiger partial charge is 0.416 e. The van der Waals surface area contributed by atoms with Gasteiger partial charge >= 0.3 is 6.18 Å². The van der Waals surface area contributed by atoms with Gasteiger partial charge in [-0.15, -0.1) is 0 Å². The quantitative estimate of drug-likeness (QED) is 0.341. The number of benzene rings is 2. The maximum atomic E-state index is 13.7. The number of amides is 1. The molecule has 0 saturated carbocycles. The lowest BCUT2D eigenvalue weighted by Gasteiger charge is -2.33. The number of piperazine rings is 1. The molecule has 1 N–H and O–H groups in total. The minimum Gasteiger partial charge on any atom is -0.322 e. The molecule has 1 fully saturated rings. The van der Waals surface area contributed by atoms with E-state index in [1.165, 1.54) is 30.3 Å². The third kappa shape index (κ3) is 5.98. The van der Waals surface area contributed by atoms with E-state index >= 15 is 0 Å². The van der Waals surface area contributed by atoms with Crippen molar-refractivity contribution in [2.45, 2.75) is 12.7 Å². The number of nitrogens with one attached hydrogen (secondary N) is 1. The van der Waals surface area contributed by atoms with Crippen molar-refractivity contribution in [3.05, 3.63) is 68.0 Å². The first-order valence-corrected chi connectivity index (χ1v) is 10.2. The summed E-state index contributed by atoms with van der Waals surface area (Å²) in [6.07, 6.45) is -4.55. The molecule has 1 amide bonds. The molecule has 0 unspecified atom stereocenters. The summed E-state index contributed by atoms with van der Waals surface area (Å²) in [6, 6.07) is 8.18. The topological polar surface area (TPSA) is 84.3 Å². The zero-order valence-electron chi connectivity index (χ0n) is 16.7. The highest BCUT2D eigenvalue weighted by Crippen LogP contribution is 2.35. The Morgan fingerprint density at radius 2 is 1.90 bits per heavy atom. The second-order valence-electron chi connectivity index (χ2n) is 7.26. The first-order valence-electron chi connectivity index (χ1n) is 9.44. The maximum absolute atomic E-state index is 13.7. The van der Waals surface area contributed by atoms with E-state index in [-0.39, 0.29) is 29.0 Å². The Kier molecular flexibility index (Phi) is 7.22. The minimum atomic E-state index is -4.55. The molecule has 0 atom stereocenters. The van der Waals surface area contributed by atoms with Crippen molar-refractivity contribution < 1.29 is 18.0 Å². The number of azide groups is 1. The summed E-state index contributed by atoms with van der Waals surface area (Å²) in [5.41, 5.74) is 8.39. The van der Waals surface area contributed by atoms with E-state index in [9.17, 15) is 18.0 Å². The Hall–Kier alpha value is -2.59. The standard InChI is InChI=1S/C20H20BrF3N6O/c1-29-6-8-30(9-7-29)12-14-2-4-15(11-16(14)20(22,23)24)26-19(31)13-3-5-17(21)18(10-13)27-28-25/h2-5,10-11H,6-9,12H2,1H3,(H,26,31). The zero-order valence-corrected chi connectivity index (χ0v) is 18.2. The number of halogens is 4. The molecule has 1 heterocycles. The van der Waals surface area contributed by atoms with Crippen LogP contribution in [0.1, 0.15) is 21.5 Å². The van der Waals surface area contributed by atoms with Crippen LogP contribution in [0.4, 0.5) is 24.5 Å². The number of anilines is 1. The van der Waals surface area contributed by atoms with Crippen molar-refractivity contribution >= 4 is 33.2 Å². The fourth-order valence-corrected chi connectivity index (χ4v) is 3.61. The maximum Gasteiger partial charge on any atom is 0.416 e. The number of likely N-dealkylation sites (N-methyl/N-ethyl adjacent to an activating group) is 1. The highest BCUT2D eigenvalue weighted by molar-refractivity contribution is 9.10. The molecule has 0 aromatic heterocycles. The van der Waals surface area contributed by atoms with Crippen LogP contribution in [0.5, 0.6) is 0 Å². The number of rotatable bonds is 5. The Morgan fingerprint density at radius 3 is 2.55 bits per heavy atom. The minimum absolute atomic E-state index is 0.0349. The van der Waals surface area contributed by atoms with Gasteiger partial charge < -0.3 is 10.2 Å². The molecule has 2 aromatic carbocycles. The van der Waals surface area contributed by atoms with Gasteiger partial charge in [0.1, 0.15) is 0 Å². The second kappa shape index (κ2) is 9.69. The summed E-state index contributed by atoms with van der Waals surface area (Å²) in [6.45, 7) is 3.20. The molecule has 3 rings (SSSR count). The van der Waals surface area contributed by atoms with Crippen molar-refractivity contribution in [2.24, 2.45) is 5.11 Å². The fraction of sp³-hybridized carbons (Fsp3) is 0.350. The van der Waals surface area contributed by atoms with Crippen molar-refractivity contribution in [2.75, 3.05) is 38.5 Å². The summed E-state index contributed by atoms with van der Waals surface area (Å²) < 4.78 is 41.6. The lowest BCUT2D eigenvalue weighted by atomic mass is 10.0. The smallest absolute Gasteiger partial charge is 0.322 e. The van der Waals surface area contributed by atoms with Crippen LogP contribution < -0.4 is 5.32 Å². The van der Waals surface area contributed by atoms with Gasteiger partial charge in [-0.1, -0.05) is 27.1 Å². The van der Waals surface area contributed by atoms with Crippen molar-refractivity contribution in [1.29, 1.82) is 0 Å². The predicted octanol–water partition coefficient (Wildman–Crippen LogP) is 5.41. The molecular formula is C20H20BrF3N6O. The average molecular weight is 497 g/mol. The van der Waals surface area contributed by atoms with Gasteiger partial charge in [-0.05, 0) is 48.5 Å². The van der Waals surface area contributed by atoms with Crippen molar-refractivity contribution in [3.63, 3.8) is 0 Å². The third-order valence-corrected chi connectivity index (χ3v) is 5.69. The molecule has 2 aromatic rings. The molecule has 0 bridgehead atoms. The van der Waals surface area contributed by atoms with E-state index < -0.39 is 17.6 Å². The van der Waals surface area contributed by atoms with Gasteiger partial charge in [0.05, 0.1) is 11.3 Å². The molecule has 11 heteroatoms. The number of nitrogens with zero attached hydrogens (tertiary/aromatic N) is 5. The molecule has 0 spiro atoms. The molecule has 0 radical (unpaired) electrons. The van der Waals surface area contributed by atoms with E-state index in [1.54, 1.807) is 0 Å². The van der Waals surface area contributed by atoms with Crippen LogP contribution in [-0.4, -0.2) is 48.9 Å². The summed E-state index contributed by atoms with van der Waals surface area (Å²) in [4.78, 5) is 19.3. The Balaban J connectivity index is 1.81. The molecule has 1 aliphatic heterocycles. The van der Waals surface area contributed by atoms with Crippen LogP contribution in [-0.2, 0) is 12.7 Å². The van der Waals surface area contributed by atoms with Gasteiger partial charge in [0.15, 0.2) is 0 Å². The highest BCUT2D eigenvalue weighted by atomic mass is 79.9. The van der Waals surface area contributed by atoms with Crippen LogP contribution in [0.3, 0.4) is 0 Å². The normalized spacial score (nSPS) is 15.4. The van der Waals surface area contributed by atoms with Gasteiger partial charge in [0, 0.05) is 53.4 Å². The van der Waals surface area contributed by atoms with Crippen molar-refractivity contribution in [1.82, 2.24) is 9.80 Å². The number of carbonyl (C=O) groups is 1. The molecular weight excluding hydrogens is 477 g/mol. The van der Waals surface area contributed by atoms with Gasteiger partial charge in [-0.25, -0.2) is 0 Å². The van der Waals surface area contributed by atoms with E-state index in [1.807, 2.05) is 11.9 Å². The third-order valence-electron chi connectivity index (χ3n) is 5.02. The molecule has 7 nitrogen and oxygen atoms in total. The number of alkyl halides is 3. The average Bonchev–Trinajstić information content (AvgIpc) is 2.71. The van der Waals surface area contributed by atoms with E-state index in [0.29, 0.717) is 17.6 Å². The summed E-state index contributed by atoms with van der Waals surface area (Å²) in [5.74, 6) is -0.609. The van der Waals surface area contributed by atoms with Crippen LogP contribution in [0.25, 0.3) is 10.4 Å². The number of hydrogen-bond donors (Lipinski definition) is 1. The summed E-state index contributed by atoms with van der Waals surface area (Å²) >= 11 is 3.20. The monoisotopic (exact) mass is 496 g/mol. The Bertz CT molecular complexity index is 1010. The number of carbonyl (C=O) groups excluding carboxylic acids is 1. The summed E-state index contributed by atoms with van der Waals surface area (Å²) in [7, 11) is 1.98. The lowest BCUT2D eigenvalue weighted by molar-refractivity contribution is -0.138. The van der Waals surface area contributed by atoms with E-state index in [4.69, 9.17) is 5.53 Å². The zero-order chi connectivity index (χ0) is 22.6. The van der Waals surface area contributed by atoms with Gasteiger partial charge in [-0.2, -0.15) is 13.2 Å². The number of hydrogen-bond acceptors (Lipinski definition) is 4. The van der Waals surface area contributed by atoms with Crippen LogP contribution in [0.15, 0.2) is 46.0 Å². The van der Waals surface area contributed by atoms with E-state index in [0.717, 1.165) is 19.2 Å². The van der Waals surface area contributed by atoms with E-state index in [2.05, 4.69) is 36.2 Å². The molecule has 0 aliphatic carbocycles. The van der Waals surface area contributed by atoms with Crippen LogP contribution in [0, 0.1) is 0 Å².